The highest BCUT2D eigenvalue weighted by Crippen LogP contribution is 2.28. The quantitative estimate of drug-likeness (QED) is 0.532. The summed E-state index contributed by atoms with van der Waals surface area (Å²) < 4.78 is 0.952. The summed E-state index contributed by atoms with van der Waals surface area (Å²) in [6.45, 7) is 0. The summed E-state index contributed by atoms with van der Waals surface area (Å²) in [7, 11) is 0. The number of aromatic amines is 1. The standard InChI is InChI=1S/C15H10BrClN2O/c16-8-4-5-9-11(7-19-13(9)6-8)15(20)10-2-1-3-12(17)14(10)18/h1-7,19H,18H2. The van der Waals surface area contributed by atoms with Crippen LogP contribution >= 0.6 is 27.5 Å². The van der Waals surface area contributed by atoms with Crippen molar-refractivity contribution in [3.05, 3.63) is 63.2 Å². The van der Waals surface area contributed by atoms with Crippen LogP contribution in [0.4, 0.5) is 5.69 Å². The summed E-state index contributed by atoms with van der Waals surface area (Å²) in [6.07, 6.45) is 1.69. The van der Waals surface area contributed by atoms with Gasteiger partial charge in [-0.3, -0.25) is 4.79 Å². The summed E-state index contributed by atoms with van der Waals surface area (Å²) in [5.74, 6) is -0.140. The van der Waals surface area contributed by atoms with E-state index in [2.05, 4.69) is 20.9 Å². The molecule has 5 heteroatoms. The van der Waals surface area contributed by atoms with Crippen molar-refractivity contribution in [2.75, 3.05) is 5.73 Å². The van der Waals surface area contributed by atoms with Crippen LogP contribution in [0.5, 0.6) is 0 Å². The molecule has 3 nitrogen and oxygen atoms in total. The van der Waals surface area contributed by atoms with Gasteiger partial charge in [0.1, 0.15) is 0 Å². The number of hydrogen-bond acceptors (Lipinski definition) is 2. The van der Waals surface area contributed by atoms with Crippen LogP contribution in [0.2, 0.25) is 5.02 Å². The van der Waals surface area contributed by atoms with E-state index in [9.17, 15) is 4.79 Å². The van der Waals surface area contributed by atoms with Crippen molar-refractivity contribution in [2.24, 2.45) is 0 Å². The number of nitrogens with one attached hydrogen (secondary N) is 1. The first-order chi connectivity index (χ1) is 9.58. The molecule has 0 spiro atoms. The zero-order valence-corrected chi connectivity index (χ0v) is 12.6. The molecule has 0 saturated carbocycles. The summed E-state index contributed by atoms with van der Waals surface area (Å²) in [5, 5.41) is 1.25. The Morgan fingerprint density at radius 3 is 2.80 bits per heavy atom. The fraction of sp³-hybridized carbons (Fsp3) is 0. The van der Waals surface area contributed by atoms with E-state index in [1.165, 1.54) is 0 Å². The molecular weight excluding hydrogens is 340 g/mol. The van der Waals surface area contributed by atoms with Gasteiger partial charge in [0.25, 0.3) is 0 Å². The Balaban J connectivity index is 2.16. The number of para-hydroxylation sites is 1. The van der Waals surface area contributed by atoms with E-state index >= 15 is 0 Å². The number of rotatable bonds is 2. The molecule has 1 heterocycles. The third kappa shape index (κ3) is 2.11. The fourth-order valence-corrected chi connectivity index (χ4v) is 2.70. The number of carbonyl (C=O) groups is 1. The van der Waals surface area contributed by atoms with Gasteiger partial charge in [0, 0.05) is 32.7 Å². The average molecular weight is 350 g/mol. The van der Waals surface area contributed by atoms with E-state index in [0.717, 1.165) is 15.4 Å². The lowest BCUT2D eigenvalue weighted by Gasteiger charge is -2.05. The lowest BCUT2D eigenvalue weighted by Crippen LogP contribution is -2.05. The SMILES string of the molecule is Nc1c(Cl)cccc1C(=O)c1c[nH]c2cc(Br)ccc12. The van der Waals surface area contributed by atoms with Crippen molar-refractivity contribution < 1.29 is 4.79 Å². The van der Waals surface area contributed by atoms with Gasteiger partial charge < -0.3 is 10.7 Å². The monoisotopic (exact) mass is 348 g/mol. The first kappa shape index (κ1) is 13.2. The smallest absolute Gasteiger partial charge is 0.197 e. The van der Waals surface area contributed by atoms with Gasteiger partial charge in [0.05, 0.1) is 10.7 Å². The minimum absolute atomic E-state index is 0.140. The Bertz CT molecular complexity index is 826. The molecule has 0 aliphatic carbocycles. The van der Waals surface area contributed by atoms with Crippen molar-refractivity contribution in [1.82, 2.24) is 4.98 Å². The molecule has 0 amide bonds. The van der Waals surface area contributed by atoms with E-state index in [-0.39, 0.29) is 5.78 Å². The van der Waals surface area contributed by atoms with Crippen LogP contribution in [-0.4, -0.2) is 10.8 Å². The van der Waals surface area contributed by atoms with Gasteiger partial charge in [-0.2, -0.15) is 0 Å². The molecule has 2 aromatic carbocycles. The number of aromatic nitrogens is 1. The zero-order chi connectivity index (χ0) is 14.3. The van der Waals surface area contributed by atoms with Crippen LogP contribution in [0.1, 0.15) is 15.9 Å². The predicted octanol–water partition coefficient (Wildman–Crippen LogP) is 4.40. The van der Waals surface area contributed by atoms with Crippen LogP contribution < -0.4 is 5.73 Å². The molecule has 0 unspecified atom stereocenters. The van der Waals surface area contributed by atoms with Crippen LogP contribution in [-0.2, 0) is 0 Å². The van der Waals surface area contributed by atoms with Gasteiger partial charge in [-0.05, 0) is 24.3 Å². The number of carbonyl (C=O) groups excluding carboxylic acids is 1. The Morgan fingerprint density at radius 2 is 2.00 bits per heavy atom. The van der Waals surface area contributed by atoms with Gasteiger partial charge in [-0.1, -0.05) is 39.7 Å². The highest BCUT2D eigenvalue weighted by molar-refractivity contribution is 9.10. The predicted molar refractivity (Wildman–Crippen MR) is 85.3 cm³/mol. The molecule has 0 saturated heterocycles. The highest BCUT2D eigenvalue weighted by atomic mass is 79.9. The number of halogens is 2. The molecule has 0 radical (unpaired) electrons. The maximum atomic E-state index is 12.6. The second kappa shape index (κ2) is 4.96. The zero-order valence-electron chi connectivity index (χ0n) is 10.3. The molecular formula is C15H10BrClN2O. The van der Waals surface area contributed by atoms with Gasteiger partial charge >= 0.3 is 0 Å². The minimum atomic E-state index is -0.140. The largest absolute Gasteiger partial charge is 0.397 e. The molecule has 0 bridgehead atoms. The van der Waals surface area contributed by atoms with E-state index in [1.807, 2.05) is 18.2 Å². The summed E-state index contributed by atoms with van der Waals surface area (Å²) >= 11 is 9.37. The number of benzene rings is 2. The van der Waals surface area contributed by atoms with Crippen LogP contribution in [0.25, 0.3) is 10.9 Å². The van der Waals surface area contributed by atoms with Crippen LogP contribution in [0.3, 0.4) is 0 Å². The number of fused-ring (bicyclic) bond motifs is 1. The van der Waals surface area contributed by atoms with E-state index < -0.39 is 0 Å². The maximum Gasteiger partial charge on any atom is 0.197 e. The number of nitrogens with two attached hydrogens (primary N) is 1. The van der Waals surface area contributed by atoms with Crippen LogP contribution in [0.15, 0.2) is 47.1 Å². The molecule has 20 heavy (non-hydrogen) atoms. The van der Waals surface area contributed by atoms with Crippen LogP contribution in [0, 0.1) is 0 Å². The van der Waals surface area contributed by atoms with Gasteiger partial charge in [0.15, 0.2) is 5.78 Å². The summed E-state index contributed by atoms with van der Waals surface area (Å²) in [4.78, 5) is 15.7. The number of H-pyrrole nitrogens is 1. The molecule has 100 valence electrons. The molecule has 0 fully saturated rings. The first-order valence-electron chi connectivity index (χ1n) is 5.93. The third-order valence-corrected chi connectivity index (χ3v) is 4.01. The van der Waals surface area contributed by atoms with E-state index in [1.54, 1.807) is 24.4 Å². The Kier molecular flexibility index (Phi) is 3.28. The molecule has 3 rings (SSSR count). The number of anilines is 1. The summed E-state index contributed by atoms with van der Waals surface area (Å²) in [6, 6.07) is 10.8. The first-order valence-corrected chi connectivity index (χ1v) is 7.10. The third-order valence-electron chi connectivity index (χ3n) is 3.19. The molecule has 0 aliphatic rings. The van der Waals surface area contributed by atoms with Crippen molar-refractivity contribution in [2.45, 2.75) is 0 Å². The number of hydrogen-bond donors (Lipinski definition) is 2. The lowest BCUT2D eigenvalue weighted by molar-refractivity contribution is 0.104. The molecule has 0 aliphatic heterocycles. The summed E-state index contributed by atoms with van der Waals surface area (Å²) in [5.41, 5.74) is 8.09. The van der Waals surface area contributed by atoms with Crippen molar-refractivity contribution >= 4 is 49.9 Å². The minimum Gasteiger partial charge on any atom is -0.397 e. The van der Waals surface area contributed by atoms with Gasteiger partial charge in [0.2, 0.25) is 0 Å². The second-order valence-electron chi connectivity index (χ2n) is 4.42. The molecule has 1 aromatic heterocycles. The van der Waals surface area contributed by atoms with E-state index in [0.29, 0.717) is 21.8 Å². The normalized spacial score (nSPS) is 10.9. The second-order valence-corrected chi connectivity index (χ2v) is 5.75. The molecule has 0 atom stereocenters. The van der Waals surface area contributed by atoms with E-state index in [4.69, 9.17) is 17.3 Å². The van der Waals surface area contributed by atoms with Crippen molar-refractivity contribution in [3.63, 3.8) is 0 Å². The molecule has 3 aromatic rings. The molecule has 3 N–H and O–H groups in total. The number of ketones is 1. The van der Waals surface area contributed by atoms with Crippen molar-refractivity contribution in [3.8, 4) is 0 Å². The topological polar surface area (TPSA) is 58.9 Å². The van der Waals surface area contributed by atoms with Gasteiger partial charge in [-0.15, -0.1) is 0 Å². The Morgan fingerprint density at radius 1 is 1.20 bits per heavy atom. The Hall–Kier alpha value is -1.78. The number of nitrogen functional groups attached to an aromatic ring is 1. The maximum absolute atomic E-state index is 12.6. The Labute approximate surface area is 128 Å². The fourth-order valence-electron chi connectivity index (χ4n) is 2.17. The highest BCUT2D eigenvalue weighted by Gasteiger charge is 2.17. The lowest BCUT2D eigenvalue weighted by atomic mass is 10.0. The van der Waals surface area contributed by atoms with Crippen molar-refractivity contribution in [1.29, 1.82) is 0 Å². The average Bonchev–Trinajstić information content (AvgIpc) is 2.84. The van der Waals surface area contributed by atoms with Gasteiger partial charge in [-0.25, -0.2) is 0 Å².